The first-order chi connectivity index (χ1) is 7.70. The third kappa shape index (κ3) is 2.12. The highest BCUT2D eigenvalue weighted by Gasteiger charge is 2.06. The minimum atomic E-state index is -0.257. The van der Waals surface area contributed by atoms with Crippen molar-refractivity contribution < 1.29 is 4.39 Å². The maximum absolute atomic E-state index is 13.1. The molecule has 0 amide bonds. The average Bonchev–Trinajstić information content (AvgIpc) is 2.60. The van der Waals surface area contributed by atoms with Crippen LogP contribution < -0.4 is 5.73 Å². The highest BCUT2D eigenvalue weighted by atomic mass is 19.1. The van der Waals surface area contributed by atoms with Crippen LogP contribution in [-0.4, -0.2) is 16.3 Å². The molecule has 1 heterocycles. The summed E-state index contributed by atoms with van der Waals surface area (Å²) in [5.41, 5.74) is 8.13. The van der Waals surface area contributed by atoms with Gasteiger partial charge >= 0.3 is 0 Å². The van der Waals surface area contributed by atoms with Crippen LogP contribution >= 0.6 is 0 Å². The van der Waals surface area contributed by atoms with Gasteiger partial charge in [0.2, 0.25) is 0 Å². The van der Waals surface area contributed by atoms with Crippen LogP contribution in [0.3, 0.4) is 0 Å². The monoisotopic (exact) mass is 219 g/mol. The van der Waals surface area contributed by atoms with Crippen molar-refractivity contribution in [1.29, 1.82) is 0 Å². The van der Waals surface area contributed by atoms with Crippen LogP contribution in [0.15, 0.2) is 30.3 Å². The number of nitrogens with zero attached hydrogens (tertiary/aromatic N) is 2. The molecule has 0 saturated heterocycles. The summed E-state index contributed by atoms with van der Waals surface area (Å²) in [6.07, 6.45) is 0.739. The molecule has 0 radical (unpaired) electrons. The minimum absolute atomic E-state index is 0.257. The molecule has 84 valence electrons. The third-order valence-electron chi connectivity index (χ3n) is 2.39. The minimum Gasteiger partial charge on any atom is -0.330 e. The van der Waals surface area contributed by atoms with Crippen LogP contribution in [0.4, 0.5) is 4.39 Å². The highest BCUT2D eigenvalue weighted by Crippen LogP contribution is 2.13. The SMILES string of the molecule is Cc1cc(CCN)nn1-c1cccc(F)c1. The first-order valence-corrected chi connectivity index (χ1v) is 5.22. The fourth-order valence-corrected chi connectivity index (χ4v) is 1.68. The van der Waals surface area contributed by atoms with Gasteiger partial charge in [-0.2, -0.15) is 5.10 Å². The Morgan fingerprint density at radius 2 is 2.19 bits per heavy atom. The quantitative estimate of drug-likeness (QED) is 0.855. The van der Waals surface area contributed by atoms with Gasteiger partial charge < -0.3 is 5.73 Å². The molecule has 4 heteroatoms. The fourth-order valence-electron chi connectivity index (χ4n) is 1.68. The average molecular weight is 219 g/mol. The Morgan fingerprint density at radius 3 is 2.88 bits per heavy atom. The normalized spacial score (nSPS) is 10.7. The van der Waals surface area contributed by atoms with Crippen molar-refractivity contribution in [2.24, 2.45) is 5.73 Å². The van der Waals surface area contributed by atoms with Gasteiger partial charge in [0, 0.05) is 12.1 Å². The van der Waals surface area contributed by atoms with Crippen LogP contribution in [0.25, 0.3) is 5.69 Å². The summed E-state index contributed by atoms with van der Waals surface area (Å²) in [5, 5.41) is 4.38. The van der Waals surface area contributed by atoms with E-state index < -0.39 is 0 Å². The third-order valence-corrected chi connectivity index (χ3v) is 2.39. The molecular weight excluding hydrogens is 205 g/mol. The van der Waals surface area contributed by atoms with Crippen molar-refractivity contribution in [3.63, 3.8) is 0 Å². The van der Waals surface area contributed by atoms with Gasteiger partial charge in [-0.1, -0.05) is 6.07 Å². The van der Waals surface area contributed by atoms with Crippen molar-refractivity contribution in [2.45, 2.75) is 13.3 Å². The number of aryl methyl sites for hydroxylation is 1. The molecule has 16 heavy (non-hydrogen) atoms. The van der Waals surface area contributed by atoms with Crippen molar-refractivity contribution in [3.05, 3.63) is 47.5 Å². The van der Waals surface area contributed by atoms with E-state index >= 15 is 0 Å². The number of rotatable bonds is 3. The van der Waals surface area contributed by atoms with Gasteiger partial charge in [0.25, 0.3) is 0 Å². The smallest absolute Gasteiger partial charge is 0.125 e. The maximum atomic E-state index is 13.1. The zero-order valence-electron chi connectivity index (χ0n) is 9.15. The van der Waals surface area contributed by atoms with Gasteiger partial charge in [0.1, 0.15) is 5.82 Å². The molecule has 0 saturated carbocycles. The lowest BCUT2D eigenvalue weighted by molar-refractivity contribution is 0.625. The molecular formula is C12H14FN3. The number of nitrogens with two attached hydrogens (primary N) is 1. The Balaban J connectivity index is 2.40. The van der Waals surface area contributed by atoms with E-state index in [0.717, 1.165) is 23.5 Å². The second-order valence-electron chi connectivity index (χ2n) is 3.71. The van der Waals surface area contributed by atoms with Gasteiger partial charge in [-0.3, -0.25) is 0 Å². The van der Waals surface area contributed by atoms with Gasteiger partial charge in [-0.05, 0) is 37.7 Å². The van der Waals surface area contributed by atoms with E-state index in [1.165, 1.54) is 12.1 Å². The fraction of sp³-hybridized carbons (Fsp3) is 0.250. The van der Waals surface area contributed by atoms with Gasteiger partial charge in [0.05, 0.1) is 11.4 Å². The van der Waals surface area contributed by atoms with Crippen molar-refractivity contribution in [3.8, 4) is 5.69 Å². The van der Waals surface area contributed by atoms with Crippen LogP contribution in [-0.2, 0) is 6.42 Å². The topological polar surface area (TPSA) is 43.8 Å². The number of halogens is 1. The number of hydrogen-bond donors (Lipinski definition) is 1. The molecule has 0 aliphatic carbocycles. The summed E-state index contributed by atoms with van der Waals surface area (Å²) in [7, 11) is 0. The molecule has 0 atom stereocenters. The van der Waals surface area contributed by atoms with Crippen molar-refractivity contribution >= 4 is 0 Å². The summed E-state index contributed by atoms with van der Waals surface area (Å²) >= 11 is 0. The maximum Gasteiger partial charge on any atom is 0.125 e. The largest absolute Gasteiger partial charge is 0.330 e. The Labute approximate surface area is 93.7 Å². The van der Waals surface area contributed by atoms with E-state index in [1.54, 1.807) is 10.7 Å². The molecule has 2 N–H and O–H groups in total. The molecule has 0 bridgehead atoms. The Hall–Kier alpha value is -1.68. The first kappa shape index (κ1) is 10.8. The number of aromatic nitrogens is 2. The van der Waals surface area contributed by atoms with Gasteiger partial charge in [-0.25, -0.2) is 9.07 Å². The molecule has 0 fully saturated rings. The zero-order chi connectivity index (χ0) is 11.5. The molecule has 0 spiro atoms. The predicted octanol–water partition coefficient (Wildman–Crippen LogP) is 1.82. The summed E-state index contributed by atoms with van der Waals surface area (Å²) < 4.78 is 14.8. The molecule has 2 rings (SSSR count). The molecule has 3 nitrogen and oxygen atoms in total. The first-order valence-electron chi connectivity index (χ1n) is 5.22. The predicted molar refractivity (Wildman–Crippen MR) is 61.0 cm³/mol. The van der Waals surface area contributed by atoms with E-state index in [0.29, 0.717) is 6.54 Å². The van der Waals surface area contributed by atoms with Crippen molar-refractivity contribution in [1.82, 2.24) is 9.78 Å². The summed E-state index contributed by atoms with van der Waals surface area (Å²) in [4.78, 5) is 0. The van der Waals surface area contributed by atoms with E-state index in [4.69, 9.17) is 5.73 Å². The van der Waals surface area contributed by atoms with Crippen LogP contribution in [0.5, 0.6) is 0 Å². The highest BCUT2D eigenvalue weighted by molar-refractivity contribution is 5.33. The molecule has 2 aromatic rings. The molecule has 0 aliphatic rings. The van der Waals surface area contributed by atoms with E-state index in [1.807, 2.05) is 19.1 Å². The van der Waals surface area contributed by atoms with E-state index in [2.05, 4.69) is 5.10 Å². The van der Waals surface area contributed by atoms with Crippen molar-refractivity contribution in [2.75, 3.05) is 6.54 Å². The Morgan fingerprint density at radius 1 is 1.38 bits per heavy atom. The van der Waals surface area contributed by atoms with Crippen LogP contribution in [0, 0.1) is 12.7 Å². The van der Waals surface area contributed by atoms with Gasteiger partial charge in [0.15, 0.2) is 0 Å². The number of benzene rings is 1. The lowest BCUT2D eigenvalue weighted by Gasteiger charge is -2.03. The summed E-state index contributed by atoms with van der Waals surface area (Å²) in [6, 6.07) is 8.36. The van der Waals surface area contributed by atoms with E-state index in [9.17, 15) is 4.39 Å². The Bertz CT molecular complexity index is 491. The molecule has 1 aromatic carbocycles. The Kier molecular flexibility index (Phi) is 3.01. The number of hydrogen-bond acceptors (Lipinski definition) is 2. The van der Waals surface area contributed by atoms with E-state index in [-0.39, 0.29) is 5.82 Å². The summed E-state index contributed by atoms with van der Waals surface area (Å²) in [6.45, 7) is 2.51. The van der Waals surface area contributed by atoms with Crippen LogP contribution in [0.1, 0.15) is 11.4 Å². The standard InChI is InChI=1S/C12H14FN3/c1-9-7-11(5-6-14)15-16(9)12-4-2-3-10(13)8-12/h2-4,7-8H,5-6,14H2,1H3. The lowest BCUT2D eigenvalue weighted by Crippen LogP contribution is -2.04. The lowest BCUT2D eigenvalue weighted by atomic mass is 10.3. The molecule has 1 aromatic heterocycles. The zero-order valence-corrected chi connectivity index (χ0v) is 9.15. The summed E-state index contributed by atoms with van der Waals surface area (Å²) in [5.74, 6) is -0.257. The second kappa shape index (κ2) is 4.45. The molecule has 0 unspecified atom stereocenters. The molecule has 0 aliphatic heterocycles. The van der Waals surface area contributed by atoms with Crippen LogP contribution in [0.2, 0.25) is 0 Å². The second-order valence-corrected chi connectivity index (χ2v) is 3.71. The van der Waals surface area contributed by atoms with Gasteiger partial charge in [-0.15, -0.1) is 0 Å².